The summed E-state index contributed by atoms with van der Waals surface area (Å²) in [6, 6.07) is 19.2. The fourth-order valence-electron chi connectivity index (χ4n) is 4.17. The van der Waals surface area contributed by atoms with Crippen LogP contribution < -0.4 is 0 Å². The summed E-state index contributed by atoms with van der Waals surface area (Å²) in [7, 11) is 0. The third-order valence-corrected chi connectivity index (χ3v) is 5.65. The van der Waals surface area contributed by atoms with Crippen LogP contribution in [0.5, 0.6) is 0 Å². The van der Waals surface area contributed by atoms with Gasteiger partial charge in [-0.25, -0.2) is 0 Å². The quantitative estimate of drug-likeness (QED) is 0.480. The molecule has 0 atom stereocenters. The van der Waals surface area contributed by atoms with Crippen molar-refractivity contribution >= 4 is 11.6 Å². The minimum Gasteiger partial charge on any atom is -0.344 e. The molecule has 2 heteroatoms. The normalized spacial score (nSPS) is 14.2. The maximum absolute atomic E-state index is 6.12. The Morgan fingerprint density at radius 3 is 2.36 bits per heavy atom. The molecule has 0 spiro atoms. The molecule has 128 valence electrons. The van der Waals surface area contributed by atoms with E-state index < -0.39 is 0 Å². The topological polar surface area (TPSA) is 4.93 Å². The second-order valence-electron chi connectivity index (χ2n) is 7.02. The van der Waals surface area contributed by atoms with Gasteiger partial charge in [0.2, 0.25) is 0 Å². The molecular formula is C23H24ClN. The van der Waals surface area contributed by atoms with Crippen molar-refractivity contribution in [1.82, 2.24) is 4.57 Å². The van der Waals surface area contributed by atoms with Crippen LogP contribution in [0.25, 0.3) is 11.1 Å². The average Bonchev–Trinajstić information content (AvgIpc) is 2.79. The molecule has 0 saturated carbocycles. The summed E-state index contributed by atoms with van der Waals surface area (Å²) in [6.07, 6.45) is 6.30. The lowest BCUT2D eigenvalue weighted by atomic mass is 9.98. The van der Waals surface area contributed by atoms with E-state index >= 15 is 0 Å². The Labute approximate surface area is 155 Å². The molecule has 3 aromatic rings. The molecule has 0 saturated heterocycles. The number of hydrogen-bond donors (Lipinski definition) is 0. The van der Waals surface area contributed by atoms with Crippen molar-refractivity contribution in [1.29, 1.82) is 0 Å². The maximum atomic E-state index is 6.12. The molecule has 0 fully saturated rings. The first-order valence-electron chi connectivity index (χ1n) is 9.25. The minimum atomic E-state index is 0.802. The number of hydrogen-bond acceptors (Lipinski definition) is 0. The number of benzene rings is 2. The highest BCUT2D eigenvalue weighted by atomic mass is 35.5. The highest BCUT2D eigenvalue weighted by Crippen LogP contribution is 2.37. The van der Waals surface area contributed by atoms with Crippen molar-refractivity contribution in [2.24, 2.45) is 0 Å². The molecular weight excluding hydrogens is 326 g/mol. The Bertz CT molecular complexity index is 859. The van der Waals surface area contributed by atoms with Gasteiger partial charge in [0.15, 0.2) is 0 Å². The second-order valence-corrected chi connectivity index (χ2v) is 7.46. The van der Waals surface area contributed by atoms with Gasteiger partial charge in [0.1, 0.15) is 0 Å². The van der Waals surface area contributed by atoms with E-state index in [-0.39, 0.29) is 0 Å². The van der Waals surface area contributed by atoms with Crippen molar-refractivity contribution in [3.05, 3.63) is 82.1 Å². The first-order chi connectivity index (χ1) is 12.2. The highest BCUT2D eigenvalue weighted by molar-refractivity contribution is 6.30. The predicted molar refractivity (Wildman–Crippen MR) is 106 cm³/mol. The summed E-state index contributed by atoms with van der Waals surface area (Å²) < 4.78 is 2.56. The van der Waals surface area contributed by atoms with Gasteiger partial charge in [0, 0.05) is 28.5 Å². The number of fused-ring (bicyclic) bond motifs is 1. The molecule has 0 N–H and O–H groups in total. The zero-order valence-corrected chi connectivity index (χ0v) is 15.5. The lowest BCUT2D eigenvalue weighted by Crippen LogP contribution is -2.06. The fraction of sp³-hybridized carbons (Fsp3) is 0.304. The molecule has 0 bridgehead atoms. The van der Waals surface area contributed by atoms with Crippen LogP contribution >= 0.6 is 11.6 Å². The van der Waals surface area contributed by atoms with Crippen LogP contribution in [0.4, 0.5) is 0 Å². The SMILES string of the molecule is Cc1c(-c2ccc(Cl)cc2)c2c(n1Cc1ccccc1)CCCCC2. The Hall–Kier alpha value is -1.99. The van der Waals surface area contributed by atoms with Crippen molar-refractivity contribution in [2.45, 2.75) is 45.6 Å². The first-order valence-corrected chi connectivity index (χ1v) is 9.62. The van der Waals surface area contributed by atoms with E-state index in [1.807, 2.05) is 12.1 Å². The van der Waals surface area contributed by atoms with Crippen molar-refractivity contribution in [3.63, 3.8) is 0 Å². The molecule has 4 rings (SSSR count). The zero-order valence-electron chi connectivity index (χ0n) is 14.8. The van der Waals surface area contributed by atoms with Gasteiger partial charge in [0.05, 0.1) is 0 Å². The van der Waals surface area contributed by atoms with Gasteiger partial charge in [0.25, 0.3) is 0 Å². The molecule has 1 aliphatic rings. The Kier molecular flexibility index (Phi) is 4.67. The summed E-state index contributed by atoms with van der Waals surface area (Å²) >= 11 is 6.12. The molecule has 25 heavy (non-hydrogen) atoms. The Morgan fingerprint density at radius 2 is 1.60 bits per heavy atom. The van der Waals surface area contributed by atoms with E-state index in [1.165, 1.54) is 54.5 Å². The molecule has 0 aliphatic heterocycles. The molecule has 2 aromatic carbocycles. The van der Waals surface area contributed by atoms with Crippen LogP contribution in [0, 0.1) is 6.92 Å². The molecule has 1 nitrogen and oxygen atoms in total. The summed E-state index contributed by atoms with van der Waals surface area (Å²) in [5.41, 5.74) is 8.60. The van der Waals surface area contributed by atoms with Crippen LogP contribution in [-0.2, 0) is 19.4 Å². The average molecular weight is 350 g/mol. The summed E-state index contributed by atoms with van der Waals surface area (Å²) in [4.78, 5) is 0. The smallest absolute Gasteiger partial charge is 0.0475 e. The predicted octanol–water partition coefficient (Wildman–Crippen LogP) is 6.43. The molecule has 0 unspecified atom stereocenters. The van der Waals surface area contributed by atoms with Crippen molar-refractivity contribution in [2.75, 3.05) is 0 Å². The van der Waals surface area contributed by atoms with E-state index in [1.54, 1.807) is 11.3 Å². The van der Waals surface area contributed by atoms with Crippen LogP contribution in [0.2, 0.25) is 5.02 Å². The molecule has 1 heterocycles. The van der Waals surface area contributed by atoms with E-state index in [0.717, 1.165) is 11.6 Å². The molecule has 0 radical (unpaired) electrons. The largest absolute Gasteiger partial charge is 0.344 e. The lowest BCUT2D eigenvalue weighted by molar-refractivity contribution is 0.671. The summed E-state index contributed by atoms with van der Waals surface area (Å²) in [5, 5.41) is 0.802. The number of aromatic nitrogens is 1. The zero-order chi connectivity index (χ0) is 17.2. The standard InChI is InChI=1S/C23H24ClN/c1-17-23(19-12-14-20(24)15-13-19)21-10-6-3-7-11-22(21)25(17)16-18-8-4-2-5-9-18/h2,4-5,8-9,12-15H,3,6-7,10-11,16H2,1H3. The monoisotopic (exact) mass is 349 g/mol. The lowest BCUT2D eigenvalue weighted by Gasteiger charge is -2.12. The van der Waals surface area contributed by atoms with Gasteiger partial charge in [-0.3, -0.25) is 0 Å². The van der Waals surface area contributed by atoms with E-state index in [4.69, 9.17) is 11.6 Å². The second kappa shape index (κ2) is 7.09. The van der Waals surface area contributed by atoms with Gasteiger partial charge < -0.3 is 4.57 Å². The Morgan fingerprint density at radius 1 is 0.880 bits per heavy atom. The third kappa shape index (κ3) is 3.26. The minimum absolute atomic E-state index is 0.802. The van der Waals surface area contributed by atoms with Gasteiger partial charge in [-0.05, 0) is 61.4 Å². The summed E-state index contributed by atoms with van der Waals surface area (Å²) in [5.74, 6) is 0. The van der Waals surface area contributed by atoms with Crippen molar-refractivity contribution in [3.8, 4) is 11.1 Å². The Balaban J connectivity index is 1.85. The van der Waals surface area contributed by atoms with Crippen molar-refractivity contribution < 1.29 is 0 Å². The van der Waals surface area contributed by atoms with E-state index in [9.17, 15) is 0 Å². The molecule has 0 amide bonds. The van der Waals surface area contributed by atoms with Gasteiger partial charge in [-0.2, -0.15) is 0 Å². The van der Waals surface area contributed by atoms with Crippen LogP contribution in [-0.4, -0.2) is 4.57 Å². The van der Waals surface area contributed by atoms with Crippen LogP contribution in [0.15, 0.2) is 54.6 Å². The van der Waals surface area contributed by atoms with Crippen LogP contribution in [0.3, 0.4) is 0 Å². The number of halogens is 1. The van der Waals surface area contributed by atoms with Gasteiger partial charge in [-0.1, -0.05) is 60.5 Å². The third-order valence-electron chi connectivity index (χ3n) is 5.40. The van der Waals surface area contributed by atoms with Gasteiger partial charge >= 0.3 is 0 Å². The maximum Gasteiger partial charge on any atom is 0.0475 e. The fourth-order valence-corrected chi connectivity index (χ4v) is 4.29. The van der Waals surface area contributed by atoms with E-state index in [2.05, 4.69) is 54.0 Å². The van der Waals surface area contributed by atoms with Crippen LogP contribution in [0.1, 0.15) is 41.8 Å². The molecule has 1 aliphatic carbocycles. The number of rotatable bonds is 3. The first kappa shape index (κ1) is 16.5. The van der Waals surface area contributed by atoms with Gasteiger partial charge in [-0.15, -0.1) is 0 Å². The molecule has 1 aromatic heterocycles. The van der Waals surface area contributed by atoms with E-state index in [0.29, 0.717) is 0 Å². The summed E-state index contributed by atoms with van der Waals surface area (Å²) in [6.45, 7) is 3.24. The number of nitrogens with zero attached hydrogens (tertiary/aromatic N) is 1. The highest BCUT2D eigenvalue weighted by Gasteiger charge is 2.22.